The Morgan fingerprint density at radius 3 is 2.15 bits per heavy atom. The van der Waals surface area contributed by atoms with Gasteiger partial charge in [0.05, 0.1) is 76.1 Å². The molecule has 0 saturated carbocycles. The van der Waals surface area contributed by atoms with Gasteiger partial charge in [0.1, 0.15) is 5.75 Å². The van der Waals surface area contributed by atoms with Crippen LogP contribution in [0.4, 0.5) is 5.69 Å². The highest BCUT2D eigenvalue weighted by molar-refractivity contribution is 7.99. The lowest BCUT2D eigenvalue weighted by Gasteiger charge is -2.34. The SMILES string of the molecule is COc1ccc([C@@H]2Sc3ccccc3N(CC[N+](C)(C)CCc3ccc(OC)c(OC)c3)C(=O)[C@@H]2OC(C)=O)cc1.CS(=O)(=O)[O-]. The Hall–Kier alpha value is -3.78. The smallest absolute Gasteiger partial charge is 0.303 e. The maximum Gasteiger partial charge on any atom is 0.303 e. The van der Waals surface area contributed by atoms with Crippen LogP contribution in [0.15, 0.2) is 71.6 Å². The first-order valence-electron chi connectivity index (χ1n) is 14.5. The van der Waals surface area contributed by atoms with Gasteiger partial charge in [-0.15, -0.1) is 11.8 Å². The molecule has 0 bridgehead atoms. The largest absolute Gasteiger partial charge is 0.748 e. The number of quaternary nitrogens is 1. The molecule has 2 atom stereocenters. The van der Waals surface area contributed by atoms with E-state index in [-0.39, 0.29) is 5.91 Å². The van der Waals surface area contributed by atoms with Crippen molar-refractivity contribution < 1.29 is 46.0 Å². The molecule has 3 aromatic rings. The molecule has 0 fully saturated rings. The summed E-state index contributed by atoms with van der Waals surface area (Å²) in [6.07, 6.45) is 0.469. The molecule has 13 heteroatoms. The van der Waals surface area contributed by atoms with Gasteiger partial charge in [-0.05, 0) is 47.5 Å². The zero-order chi connectivity index (χ0) is 34.1. The monoisotopic (exact) mass is 674 g/mol. The van der Waals surface area contributed by atoms with Gasteiger partial charge < -0.3 is 32.9 Å². The van der Waals surface area contributed by atoms with Crippen molar-refractivity contribution in [3.63, 3.8) is 0 Å². The van der Waals surface area contributed by atoms with Gasteiger partial charge in [-0.2, -0.15) is 0 Å². The second kappa shape index (κ2) is 16.2. The summed E-state index contributed by atoms with van der Waals surface area (Å²) in [5.41, 5.74) is 2.87. The number of anilines is 1. The van der Waals surface area contributed by atoms with E-state index in [1.54, 1.807) is 38.0 Å². The highest BCUT2D eigenvalue weighted by Crippen LogP contribution is 2.47. The van der Waals surface area contributed by atoms with Gasteiger partial charge in [0.15, 0.2) is 17.6 Å². The Morgan fingerprint density at radius 2 is 1.57 bits per heavy atom. The van der Waals surface area contributed by atoms with Crippen LogP contribution in [-0.2, 0) is 30.9 Å². The minimum absolute atomic E-state index is 0.224. The molecule has 46 heavy (non-hydrogen) atoms. The number of esters is 1. The van der Waals surface area contributed by atoms with Crippen molar-refractivity contribution >= 4 is 39.4 Å². The molecule has 3 aromatic carbocycles. The standard InChI is InChI=1S/C32H39N2O6S.CH4O3S/c1-22(35)40-30-31(24-12-14-25(37-4)15-13-24)41-29-10-8-7-9-26(29)33(32(30)36)18-20-34(2,3)19-17-23-11-16-27(38-5)28(21-23)39-6;1-5(2,3)4/h7-16,21,30-31H,17-20H2,1-6H3;1H3,(H,2,3,4)/q+1;/p-1/t30-,31+;/m1./s1. The Balaban J connectivity index is 0.00000107. The third kappa shape index (κ3) is 10.6. The van der Waals surface area contributed by atoms with Gasteiger partial charge in [-0.1, -0.05) is 30.3 Å². The van der Waals surface area contributed by atoms with Gasteiger partial charge in [-0.25, -0.2) is 8.42 Å². The fourth-order valence-corrected chi connectivity index (χ4v) is 6.21. The topological polar surface area (TPSA) is 132 Å². The second-order valence-corrected chi connectivity index (χ2v) is 13.9. The maximum atomic E-state index is 14.2. The Kier molecular flexibility index (Phi) is 12.9. The van der Waals surface area contributed by atoms with E-state index >= 15 is 0 Å². The molecular weight excluding hydrogens is 633 g/mol. The number of benzene rings is 3. The molecule has 0 saturated heterocycles. The normalized spacial score (nSPS) is 16.3. The molecule has 4 rings (SSSR count). The quantitative estimate of drug-likeness (QED) is 0.165. The van der Waals surface area contributed by atoms with Crippen LogP contribution in [0.2, 0.25) is 0 Å². The number of hydrogen-bond acceptors (Lipinski definition) is 10. The molecule has 1 amide bonds. The van der Waals surface area contributed by atoms with E-state index in [9.17, 15) is 9.59 Å². The van der Waals surface area contributed by atoms with Crippen LogP contribution in [-0.4, -0.2) is 96.7 Å². The van der Waals surface area contributed by atoms with E-state index < -0.39 is 27.4 Å². The van der Waals surface area contributed by atoms with E-state index in [0.29, 0.717) is 35.3 Å². The Labute approximate surface area is 275 Å². The predicted octanol–water partition coefficient (Wildman–Crippen LogP) is 4.30. The second-order valence-electron chi connectivity index (χ2n) is 11.3. The van der Waals surface area contributed by atoms with Crippen molar-refractivity contribution in [2.24, 2.45) is 0 Å². The molecular formula is C33H42N2O9S2. The lowest BCUT2D eigenvalue weighted by Crippen LogP contribution is -2.50. The van der Waals surface area contributed by atoms with Crippen LogP contribution in [0.25, 0.3) is 0 Å². The average Bonchev–Trinajstić information content (AvgIpc) is 3.12. The molecule has 250 valence electrons. The number of nitrogens with zero attached hydrogens (tertiary/aromatic N) is 2. The van der Waals surface area contributed by atoms with E-state index in [4.69, 9.17) is 31.9 Å². The van der Waals surface area contributed by atoms with Crippen LogP contribution < -0.4 is 19.1 Å². The van der Waals surface area contributed by atoms with Crippen LogP contribution >= 0.6 is 11.8 Å². The van der Waals surface area contributed by atoms with Crippen molar-refractivity contribution in [3.05, 3.63) is 77.9 Å². The van der Waals surface area contributed by atoms with Crippen LogP contribution in [0.5, 0.6) is 17.2 Å². The molecule has 11 nitrogen and oxygen atoms in total. The van der Waals surface area contributed by atoms with Gasteiger partial charge in [-0.3, -0.25) is 9.59 Å². The first-order chi connectivity index (χ1) is 21.7. The third-order valence-corrected chi connectivity index (χ3v) is 8.69. The van der Waals surface area contributed by atoms with Crippen molar-refractivity contribution in [1.29, 1.82) is 0 Å². The number of amides is 1. The number of hydrogen-bond donors (Lipinski definition) is 0. The maximum absolute atomic E-state index is 14.2. The fourth-order valence-electron chi connectivity index (χ4n) is 4.89. The van der Waals surface area contributed by atoms with E-state index in [0.717, 1.165) is 40.4 Å². The fraction of sp³-hybridized carbons (Fsp3) is 0.394. The molecule has 1 aliphatic rings. The molecule has 1 aliphatic heterocycles. The predicted molar refractivity (Wildman–Crippen MR) is 177 cm³/mol. The number of thioether (sulfide) groups is 1. The van der Waals surface area contributed by atoms with Gasteiger partial charge in [0.2, 0.25) is 0 Å². The number of rotatable bonds is 11. The van der Waals surface area contributed by atoms with E-state index in [1.165, 1.54) is 6.92 Å². The minimum Gasteiger partial charge on any atom is -0.748 e. The summed E-state index contributed by atoms with van der Waals surface area (Å²) in [5, 5.41) is -0.406. The highest BCUT2D eigenvalue weighted by Gasteiger charge is 2.41. The minimum atomic E-state index is -3.92. The number of carbonyl (C=O) groups excluding carboxylic acids is 2. The van der Waals surface area contributed by atoms with Crippen molar-refractivity contribution in [3.8, 4) is 17.2 Å². The number of para-hydroxylation sites is 1. The lowest BCUT2D eigenvalue weighted by molar-refractivity contribution is -0.888. The summed E-state index contributed by atoms with van der Waals surface area (Å²) in [7, 11) is 5.28. The number of carbonyl (C=O) groups is 2. The number of fused-ring (bicyclic) bond motifs is 1. The van der Waals surface area contributed by atoms with E-state index in [1.807, 2.05) is 60.7 Å². The first-order valence-corrected chi connectivity index (χ1v) is 17.2. The number of likely N-dealkylation sites (N-methyl/N-ethyl adjacent to an activating group) is 1. The Morgan fingerprint density at radius 1 is 0.935 bits per heavy atom. The van der Waals surface area contributed by atoms with Crippen molar-refractivity contribution in [1.82, 2.24) is 0 Å². The summed E-state index contributed by atoms with van der Waals surface area (Å²) >= 11 is 1.54. The van der Waals surface area contributed by atoms with Crippen LogP contribution in [0.3, 0.4) is 0 Å². The van der Waals surface area contributed by atoms with Gasteiger partial charge in [0.25, 0.3) is 5.91 Å². The summed E-state index contributed by atoms with van der Waals surface area (Å²) in [6, 6.07) is 21.4. The first kappa shape index (κ1) is 36.7. The average molecular weight is 675 g/mol. The molecule has 0 unspecified atom stereocenters. The molecule has 0 aromatic heterocycles. The van der Waals surface area contributed by atoms with E-state index in [2.05, 4.69) is 20.2 Å². The molecule has 0 radical (unpaired) electrons. The zero-order valence-electron chi connectivity index (χ0n) is 27.2. The lowest BCUT2D eigenvalue weighted by atomic mass is 10.1. The van der Waals surface area contributed by atoms with Gasteiger partial charge >= 0.3 is 5.97 Å². The van der Waals surface area contributed by atoms with Crippen molar-refractivity contribution in [2.75, 3.05) is 66.2 Å². The van der Waals surface area contributed by atoms with Crippen LogP contribution in [0.1, 0.15) is 23.3 Å². The van der Waals surface area contributed by atoms with Gasteiger partial charge in [0, 0.05) is 24.5 Å². The van der Waals surface area contributed by atoms with Crippen LogP contribution in [0, 0.1) is 0 Å². The number of methoxy groups -OCH3 is 3. The molecule has 0 N–H and O–H groups in total. The Bertz CT molecular complexity index is 1590. The summed E-state index contributed by atoms with van der Waals surface area (Å²) in [4.78, 5) is 29.1. The molecule has 1 heterocycles. The molecule has 0 spiro atoms. The summed E-state index contributed by atoms with van der Waals surface area (Å²) in [5.74, 6) is 1.43. The highest BCUT2D eigenvalue weighted by atomic mass is 32.2. The third-order valence-electron chi connectivity index (χ3n) is 7.31. The summed E-state index contributed by atoms with van der Waals surface area (Å²) < 4.78 is 49.8. The zero-order valence-corrected chi connectivity index (χ0v) is 28.9. The van der Waals surface area contributed by atoms with Crippen molar-refractivity contribution in [2.45, 2.75) is 29.6 Å². The summed E-state index contributed by atoms with van der Waals surface area (Å²) in [6.45, 7) is 3.38. The number of ether oxygens (including phenoxy) is 4. The molecule has 0 aliphatic carbocycles.